The number of fused-ring (bicyclic) bond motifs is 1. The van der Waals surface area contributed by atoms with E-state index in [9.17, 15) is 23.1 Å². The maximum absolute atomic E-state index is 12.8. The maximum atomic E-state index is 12.8. The Kier molecular flexibility index (Phi) is 6.00. The van der Waals surface area contributed by atoms with E-state index in [4.69, 9.17) is 0 Å². The summed E-state index contributed by atoms with van der Waals surface area (Å²) < 4.78 is 39.2. The Balaban J connectivity index is 1.30. The maximum Gasteiger partial charge on any atom is 0.408 e. The topological polar surface area (TPSA) is 83.3 Å². The molecule has 0 bridgehead atoms. The van der Waals surface area contributed by atoms with Crippen LogP contribution in [-0.4, -0.2) is 45.2 Å². The molecule has 1 atom stereocenters. The molecule has 1 fully saturated rings. The largest absolute Gasteiger partial charge is 0.408 e. The zero-order chi connectivity index (χ0) is 24.7. The molecule has 2 aliphatic rings. The summed E-state index contributed by atoms with van der Waals surface area (Å²) in [5.41, 5.74) is 5.43. The molecule has 35 heavy (non-hydrogen) atoms. The number of amides is 1. The second-order valence-electron chi connectivity index (χ2n) is 9.25. The van der Waals surface area contributed by atoms with Crippen LogP contribution in [0.25, 0.3) is 11.1 Å². The van der Waals surface area contributed by atoms with Crippen molar-refractivity contribution in [2.45, 2.75) is 57.1 Å². The van der Waals surface area contributed by atoms with E-state index in [2.05, 4.69) is 21.5 Å². The van der Waals surface area contributed by atoms with Crippen LogP contribution < -0.4 is 10.2 Å². The standard InChI is InChI=1S/C25H26F3N5O2/c1-32-21-6-4-17(9-18(21)5-7-22(32)34)19-8-15(10-29-12-19)11-30-24(35)20-13-33(14-25(26,27)28)31-23(20)16-2-3-16/h4,6,8-10,12-13,16,22,34H,2-3,5,7,11,14H2,1H3,(H,30,35). The van der Waals surface area contributed by atoms with E-state index in [1.54, 1.807) is 12.4 Å². The lowest BCUT2D eigenvalue weighted by Gasteiger charge is -2.32. The average Bonchev–Trinajstić information content (AvgIpc) is 3.59. The van der Waals surface area contributed by atoms with Gasteiger partial charge in [0.15, 0.2) is 0 Å². The zero-order valence-electron chi connectivity index (χ0n) is 19.2. The number of aromatic nitrogens is 3. The van der Waals surface area contributed by atoms with Crippen LogP contribution in [0, 0.1) is 0 Å². The van der Waals surface area contributed by atoms with Crippen LogP contribution in [0.4, 0.5) is 18.9 Å². The van der Waals surface area contributed by atoms with Crippen LogP contribution >= 0.6 is 0 Å². The lowest BCUT2D eigenvalue weighted by Crippen LogP contribution is -2.35. The van der Waals surface area contributed by atoms with Gasteiger partial charge in [0.05, 0.1) is 11.3 Å². The first-order chi connectivity index (χ1) is 16.7. The number of carbonyl (C=O) groups is 1. The molecule has 0 saturated heterocycles. The van der Waals surface area contributed by atoms with Crippen LogP contribution in [0.2, 0.25) is 0 Å². The number of alkyl halides is 3. The first-order valence-electron chi connectivity index (χ1n) is 11.6. The van der Waals surface area contributed by atoms with E-state index in [1.807, 2.05) is 30.1 Å². The third-order valence-electron chi connectivity index (χ3n) is 6.50. The smallest absolute Gasteiger partial charge is 0.374 e. The Hall–Kier alpha value is -3.40. The lowest BCUT2D eigenvalue weighted by molar-refractivity contribution is -0.142. The Labute approximate surface area is 200 Å². The quantitative estimate of drug-likeness (QED) is 0.551. The van der Waals surface area contributed by atoms with E-state index in [1.165, 1.54) is 6.20 Å². The summed E-state index contributed by atoms with van der Waals surface area (Å²) in [6.45, 7) is -1.03. The highest BCUT2D eigenvalue weighted by Crippen LogP contribution is 2.41. The second kappa shape index (κ2) is 8.99. The molecule has 1 aliphatic carbocycles. The van der Waals surface area contributed by atoms with Crippen molar-refractivity contribution in [3.63, 3.8) is 0 Å². The van der Waals surface area contributed by atoms with Gasteiger partial charge in [-0.05, 0) is 60.6 Å². The fourth-order valence-electron chi connectivity index (χ4n) is 4.50. The number of benzene rings is 1. The van der Waals surface area contributed by atoms with Gasteiger partial charge in [-0.25, -0.2) is 0 Å². The van der Waals surface area contributed by atoms with Gasteiger partial charge >= 0.3 is 6.18 Å². The number of nitrogens with one attached hydrogen (secondary N) is 1. The molecule has 3 aromatic rings. The number of aliphatic hydroxyl groups excluding tert-OH is 1. The van der Waals surface area contributed by atoms with Gasteiger partial charge in [-0.2, -0.15) is 18.3 Å². The van der Waals surface area contributed by atoms with Crippen molar-refractivity contribution in [3.05, 3.63) is 65.2 Å². The summed E-state index contributed by atoms with van der Waals surface area (Å²) in [5, 5.41) is 16.9. The van der Waals surface area contributed by atoms with E-state index in [0.29, 0.717) is 12.1 Å². The number of anilines is 1. The highest BCUT2D eigenvalue weighted by molar-refractivity contribution is 5.95. The molecule has 5 rings (SSSR count). The molecule has 1 aromatic carbocycles. The van der Waals surface area contributed by atoms with E-state index >= 15 is 0 Å². The minimum atomic E-state index is -4.40. The minimum absolute atomic E-state index is 0.0411. The molecule has 2 N–H and O–H groups in total. The minimum Gasteiger partial charge on any atom is -0.374 e. The molecule has 10 heteroatoms. The van der Waals surface area contributed by atoms with Gasteiger partial charge in [-0.1, -0.05) is 6.07 Å². The van der Waals surface area contributed by atoms with Crippen LogP contribution in [0.15, 0.2) is 42.9 Å². The van der Waals surface area contributed by atoms with Crippen molar-refractivity contribution in [2.75, 3.05) is 11.9 Å². The fraction of sp³-hybridized carbons (Fsp3) is 0.400. The molecule has 1 saturated carbocycles. The molecule has 3 heterocycles. The van der Waals surface area contributed by atoms with Gasteiger partial charge in [-0.3, -0.25) is 14.5 Å². The van der Waals surface area contributed by atoms with Crippen molar-refractivity contribution in [2.24, 2.45) is 0 Å². The van der Waals surface area contributed by atoms with Gasteiger partial charge in [0, 0.05) is 49.4 Å². The zero-order valence-corrected chi connectivity index (χ0v) is 19.2. The lowest BCUT2D eigenvalue weighted by atomic mass is 9.96. The molecular weight excluding hydrogens is 459 g/mol. The van der Waals surface area contributed by atoms with E-state index < -0.39 is 24.9 Å². The number of pyridine rings is 1. The summed E-state index contributed by atoms with van der Waals surface area (Å²) in [4.78, 5) is 19.0. The Morgan fingerprint density at radius 2 is 1.97 bits per heavy atom. The summed E-state index contributed by atoms with van der Waals surface area (Å²) in [7, 11) is 1.87. The summed E-state index contributed by atoms with van der Waals surface area (Å²) in [6.07, 6.45) is 2.80. The van der Waals surface area contributed by atoms with Gasteiger partial charge in [0.1, 0.15) is 12.8 Å². The molecule has 1 aliphatic heterocycles. The van der Waals surface area contributed by atoms with Crippen molar-refractivity contribution < 1.29 is 23.1 Å². The van der Waals surface area contributed by atoms with Crippen molar-refractivity contribution in [1.29, 1.82) is 0 Å². The number of aliphatic hydroxyl groups is 1. The first kappa shape index (κ1) is 23.3. The highest BCUT2D eigenvalue weighted by Gasteiger charge is 2.34. The van der Waals surface area contributed by atoms with Gasteiger partial charge < -0.3 is 15.3 Å². The number of rotatable bonds is 6. The van der Waals surface area contributed by atoms with Crippen molar-refractivity contribution in [3.8, 4) is 11.1 Å². The SMILES string of the molecule is CN1c2ccc(-c3cncc(CNC(=O)c4cn(CC(F)(F)F)nc4C4CC4)c3)cc2CCC1O. The molecule has 184 valence electrons. The number of hydrogen-bond acceptors (Lipinski definition) is 5. The predicted molar refractivity (Wildman–Crippen MR) is 124 cm³/mol. The molecule has 1 unspecified atom stereocenters. The number of halogens is 3. The molecule has 7 nitrogen and oxygen atoms in total. The second-order valence-corrected chi connectivity index (χ2v) is 9.25. The van der Waals surface area contributed by atoms with Crippen LogP contribution in [0.1, 0.15) is 52.4 Å². The summed E-state index contributed by atoms with van der Waals surface area (Å²) in [6, 6.07) is 7.99. The van der Waals surface area contributed by atoms with Crippen LogP contribution in [-0.2, 0) is 19.5 Å². The monoisotopic (exact) mass is 485 g/mol. The van der Waals surface area contributed by atoms with E-state index in [0.717, 1.165) is 51.9 Å². The Bertz CT molecular complexity index is 1250. The third-order valence-corrected chi connectivity index (χ3v) is 6.50. The predicted octanol–water partition coefficient (Wildman–Crippen LogP) is 4.02. The summed E-state index contributed by atoms with van der Waals surface area (Å²) >= 11 is 0. The van der Waals surface area contributed by atoms with Crippen molar-refractivity contribution in [1.82, 2.24) is 20.1 Å². The highest BCUT2D eigenvalue weighted by atomic mass is 19.4. The van der Waals surface area contributed by atoms with E-state index in [-0.39, 0.29) is 18.0 Å². The number of nitrogens with zero attached hydrogens (tertiary/aromatic N) is 4. The molecule has 0 radical (unpaired) electrons. The number of carbonyl (C=O) groups excluding carboxylic acids is 1. The Morgan fingerprint density at radius 3 is 2.71 bits per heavy atom. The van der Waals surface area contributed by atoms with Gasteiger partial charge in [0.25, 0.3) is 5.91 Å². The third kappa shape index (κ3) is 5.17. The van der Waals surface area contributed by atoms with Crippen molar-refractivity contribution >= 4 is 11.6 Å². The number of hydrogen-bond donors (Lipinski definition) is 2. The molecule has 0 spiro atoms. The number of aryl methyl sites for hydroxylation is 1. The van der Waals surface area contributed by atoms with Gasteiger partial charge in [-0.15, -0.1) is 0 Å². The van der Waals surface area contributed by atoms with Crippen LogP contribution in [0.5, 0.6) is 0 Å². The summed E-state index contributed by atoms with van der Waals surface area (Å²) in [5.74, 6) is -0.402. The molecule has 1 amide bonds. The normalized spacial score (nSPS) is 17.9. The van der Waals surface area contributed by atoms with Gasteiger partial charge in [0.2, 0.25) is 0 Å². The Morgan fingerprint density at radius 1 is 1.17 bits per heavy atom. The first-order valence-corrected chi connectivity index (χ1v) is 11.6. The molecular formula is C25H26F3N5O2. The van der Waals surface area contributed by atoms with Crippen LogP contribution in [0.3, 0.4) is 0 Å². The average molecular weight is 486 g/mol. The molecule has 2 aromatic heterocycles. The fourth-order valence-corrected chi connectivity index (χ4v) is 4.50.